The van der Waals surface area contributed by atoms with Crippen LogP contribution < -0.4 is 22.8 Å². The van der Waals surface area contributed by atoms with E-state index in [4.69, 9.17) is 31.4 Å². The second-order valence-electron chi connectivity index (χ2n) is 6.09. The van der Waals surface area contributed by atoms with Gasteiger partial charge < -0.3 is 31.4 Å². The number of aromatic amines is 1. The van der Waals surface area contributed by atoms with Crippen LogP contribution >= 0.6 is 0 Å². The third-order valence-corrected chi connectivity index (χ3v) is 3.51. The molecule has 0 aromatic carbocycles. The molecule has 2 aromatic heterocycles. The van der Waals surface area contributed by atoms with Crippen molar-refractivity contribution >= 4 is 29.1 Å². The van der Waals surface area contributed by atoms with Crippen LogP contribution in [0.3, 0.4) is 0 Å². The summed E-state index contributed by atoms with van der Waals surface area (Å²) in [6.07, 6.45) is 0.521. The van der Waals surface area contributed by atoms with Crippen molar-refractivity contribution in [2.75, 3.05) is 18.9 Å². The minimum Gasteiger partial charge on any atom is -0.462 e. The van der Waals surface area contributed by atoms with Crippen LogP contribution in [0.1, 0.15) is 13.8 Å². The number of hydrogen-bond acceptors (Lipinski definition) is 11. The van der Waals surface area contributed by atoms with E-state index in [9.17, 15) is 14.4 Å². The molecular weight excluding hydrogens is 374 g/mol. The number of anilines is 1. The average Bonchev–Trinajstić information content (AvgIpc) is 3.03. The van der Waals surface area contributed by atoms with Gasteiger partial charge in [-0.1, -0.05) is 0 Å². The van der Waals surface area contributed by atoms with Crippen LogP contribution in [0.15, 0.2) is 11.1 Å². The quantitative estimate of drug-likeness (QED) is 0.335. The summed E-state index contributed by atoms with van der Waals surface area (Å²) in [6.45, 7) is 2.40. The molecule has 0 aliphatic heterocycles. The number of carbonyl (C=O) groups excluding carboxylic acids is 2. The molecule has 0 radical (unpaired) electrons. The Morgan fingerprint density at radius 3 is 2.29 bits per heavy atom. The predicted octanol–water partition coefficient (Wildman–Crippen LogP) is -2.17. The highest BCUT2D eigenvalue weighted by atomic mass is 16.6. The van der Waals surface area contributed by atoms with E-state index in [2.05, 4.69) is 15.0 Å². The molecule has 154 valence electrons. The van der Waals surface area contributed by atoms with Crippen molar-refractivity contribution in [2.24, 2.45) is 11.5 Å². The van der Waals surface area contributed by atoms with Crippen LogP contribution in [0.5, 0.6) is 0 Å². The number of esters is 2. The van der Waals surface area contributed by atoms with E-state index in [-0.39, 0.29) is 37.1 Å². The summed E-state index contributed by atoms with van der Waals surface area (Å²) in [5, 5.41) is 0. The number of aromatic nitrogens is 4. The maximum atomic E-state index is 11.8. The van der Waals surface area contributed by atoms with E-state index >= 15 is 0 Å². The Labute approximate surface area is 159 Å². The van der Waals surface area contributed by atoms with Crippen molar-refractivity contribution in [3.8, 4) is 0 Å². The second-order valence-corrected chi connectivity index (χ2v) is 6.09. The Bertz CT molecular complexity index is 867. The average molecular weight is 397 g/mol. The lowest BCUT2D eigenvalue weighted by molar-refractivity contribution is -0.158. The van der Waals surface area contributed by atoms with Gasteiger partial charge in [0.05, 0.1) is 6.33 Å². The minimum atomic E-state index is -0.817. The second kappa shape index (κ2) is 9.25. The summed E-state index contributed by atoms with van der Waals surface area (Å²) in [6, 6.07) is -1.63. The zero-order valence-corrected chi connectivity index (χ0v) is 15.5. The zero-order valence-electron chi connectivity index (χ0n) is 15.5. The number of fused-ring (bicyclic) bond motifs is 1. The molecule has 0 spiro atoms. The largest absolute Gasteiger partial charge is 0.462 e. The Balaban J connectivity index is 2.07. The van der Waals surface area contributed by atoms with Crippen molar-refractivity contribution in [1.82, 2.24) is 19.5 Å². The van der Waals surface area contributed by atoms with Crippen LogP contribution in [-0.4, -0.2) is 62.9 Å². The molecule has 28 heavy (non-hydrogen) atoms. The Morgan fingerprint density at radius 1 is 1.18 bits per heavy atom. The number of nitrogens with zero attached hydrogens (tertiary/aromatic N) is 3. The molecule has 0 amide bonds. The van der Waals surface area contributed by atoms with Crippen molar-refractivity contribution in [3.05, 3.63) is 16.7 Å². The van der Waals surface area contributed by atoms with Gasteiger partial charge in [0.25, 0.3) is 5.56 Å². The highest BCUT2D eigenvalue weighted by molar-refractivity contribution is 5.75. The maximum absolute atomic E-state index is 11.8. The number of ether oxygens (including phenoxy) is 3. The zero-order chi connectivity index (χ0) is 20.8. The fourth-order valence-electron chi connectivity index (χ4n) is 2.01. The molecule has 2 rings (SSSR count). The van der Waals surface area contributed by atoms with Gasteiger partial charge in [-0.2, -0.15) is 4.98 Å². The summed E-state index contributed by atoms with van der Waals surface area (Å²) >= 11 is 0. The van der Waals surface area contributed by atoms with Gasteiger partial charge in [-0.15, -0.1) is 0 Å². The molecule has 0 saturated carbocycles. The summed E-state index contributed by atoms with van der Waals surface area (Å²) in [5.41, 5.74) is 16.2. The number of H-pyrrole nitrogens is 1. The fraction of sp³-hybridized carbons (Fsp3) is 0.533. The molecular formula is C15H23N7O6. The summed E-state index contributed by atoms with van der Waals surface area (Å²) < 4.78 is 17.1. The summed E-state index contributed by atoms with van der Waals surface area (Å²) in [7, 11) is 0. The van der Waals surface area contributed by atoms with Gasteiger partial charge in [0.15, 0.2) is 11.2 Å². The molecule has 2 heterocycles. The van der Waals surface area contributed by atoms with Crippen molar-refractivity contribution in [3.63, 3.8) is 0 Å². The summed E-state index contributed by atoms with van der Waals surface area (Å²) in [5.74, 6) is -1.35. The topological polar surface area (TPSA) is 203 Å². The fourth-order valence-corrected chi connectivity index (χ4v) is 2.01. The molecule has 0 saturated heterocycles. The van der Waals surface area contributed by atoms with Gasteiger partial charge >= 0.3 is 11.9 Å². The van der Waals surface area contributed by atoms with Gasteiger partial charge in [0.2, 0.25) is 5.95 Å². The van der Waals surface area contributed by atoms with Crippen LogP contribution in [0.4, 0.5) is 5.95 Å². The number of nitrogens with two attached hydrogens (primary N) is 3. The number of nitrogens with one attached hydrogen (secondary N) is 1. The van der Waals surface area contributed by atoms with Gasteiger partial charge in [-0.25, -0.2) is 4.98 Å². The monoisotopic (exact) mass is 397 g/mol. The lowest BCUT2D eigenvalue weighted by Gasteiger charge is -2.19. The first kappa shape index (κ1) is 21.3. The first-order valence-corrected chi connectivity index (χ1v) is 8.35. The lowest BCUT2D eigenvalue weighted by Crippen LogP contribution is -2.36. The standard InChI is InChI=1S/C15H23N7O6/c1-7(16)13(24)26-3-9(4-27-14(25)8(2)17)28-6-22-5-19-10-11(22)20-15(18)21-12(10)23/h5,7-9H,3-4,6,16-17H2,1-2H3,(H3,18,20,21,23). The van der Waals surface area contributed by atoms with Crippen molar-refractivity contribution in [1.29, 1.82) is 0 Å². The number of nitrogen functional groups attached to an aromatic ring is 1. The van der Waals surface area contributed by atoms with Crippen LogP contribution in [0, 0.1) is 0 Å². The molecule has 0 aliphatic carbocycles. The molecule has 13 heteroatoms. The Morgan fingerprint density at radius 2 is 1.75 bits per heavy atom. The molecule has 7 N–H and O–H groups in total. The van der Waals surface area contributed by atoms with E-state index in [1.807, 2.05) is 0 Å². The van der Waals surface area contributed by atoms with E-state index in [0.717, 1.165) is 0 Å². The van der Waals surface area contributed by atoms with Crippen LogP contribution in [0.25, 0.3) is 11.2 Å². The molecule has 0 aliphatic rings. The number of imidazole rings is 1. The van der Waals surface area contributed by atoms with E-state index in [1.54, 1.807) is 0 Å². The number of hydrogen-bond donors (Lipinski definition) is 4. The molecule has 2 atom stereocenters. The number of carbonyl (C=O) groups is 2. The molecule has 2 aromatic rings. The van der Waals surface area contributed by atoms with Gasteiger partial charge in [0, 0.05) is 0 Å². The van der Waals surface area contributed by atoms with E-state index < -0.39 is 35.7 Å². The Hall–Kier alpha value is -3.03. The minimum absolute atomic E-state index is 0.0764. The SMILES string of the molecule is CC(N)C(=O)OCC(COC(=O)C(C)N)OCn1cnc2c(=O)[nH]c(N)nc21. The molecule has 2 unspecified atom stereocenters. The predicted molar refractivity (Wildman–Crippen MR) is 96.7 cm³/mol. The highest BCUT2D eigenvalue weighted by Crippen LogP contribution is 2.08. The lowest BCUT2D eigenvalue weighted by atomic mass is 10.3. The van der Waals surface area contributed by atoms with E-state index in [1.165, 1.54) is 24.7 Å². The van der Waals surface area contributed by atoms with Crippen molar-refractivity contribution < 1.29 is 23.8 Å². The van der Waals surface area contributed by atoms with Crippen LogP contribution in [0.2, 0.25) is 0 Å². The van der Waals surface area contributed by atoms with Gasteiger partial charge in [-0.3, -0.25) is 23.9 Å². The third kappa shape index (κ3) is 5.48. The Kier molecular flexibility index (Phi) is 7.03. The number of rotatable bonds is 9. The highest BCUT2D eigenvalue weighted by Gasteiger charge is 2.19. The van der Waals surface area contributed by atoms with Crippen LogP contribution in [-0.2, 0) is 30.5 Å². The normalized spacial score (nSPS) is 14.4. The van der Waals surface area contributed by atoms with E-state index in [0.29, 0.717) is 0 Å². The first-order valence-electron chi connectivity index (χ1n) is 8.35. The first-order chi connectivity index (χ1) is 13.2. The smallest absolute Gasteiger partial charge is 0.322 e. The molecule has 0 fully saturated rings. The van der Waals surface area contributed by atoms with Crippen molar-refractivity contribution in [2.45, 2.75) is 38.8 Å². The molecule has 0 bridgehead atoms. The summed E-state index contributed by atoms with van der Waals surface area (Å²) in [4.78, 5) is 45.2. The van der Waals surface area contributed by atoms with Gasteiger partial charge in [0.1, 0.15) is 38.1 Å². The molecule has 13 nitrogen and oxygen atoms in total. The third-order valence-electron chi connectivity index (χ3n) is 3.51. The van der Waals surface area contributed by atoms with Gasteiger partial charge in [-0.05, 0) is 13.8 Å². The maximum Gasteiger partial charge on any atom is 0.322 e.